The summed E-state index contributed by atoms with van der Waals surface area (Å²) in [4.78, 5) is 4.25. The third-order valence-electron chi connectivity index (χ3n) is 0.969. The number of hydrogen-bond donors (Lipinski definition) is 0. The number of aryl methyl sites for hydroxylation is 2. The summed E-state index contributed by atoms with van der Waals surface area (Å²) in [5.74, 6) is 0. The molecule has 10 heavy (non-hydrogen) atoms. The summed E-state index contributed by atoms with van der Waals surface area (Å²) >= 11 is 1.74. The van der Waals surface area contributed by atoms with E-state index in [0.717, 1.165) is 12.1 Å². The Bertz CT molecular complexity index is 170. The van der Waals surface area contributed by atoms with Crippen LogP contribution in [-0.2, 0) is 6.42 Å². The molecule has 0 fully saturated rings. The summed E-state index contributed by atoms with van der Waals surface area (Å²) in [6.45, 7) is 8.15. The molecule has 0 saturated heterocycles. The van der Waals surface area contributed by atoms with Gasteiger partial charge in [0.15, 0.2) is 0 Å². The lowest BCUT2D eigenvalue weighted by Gasteiger charge is -1.79. The van der Waals surface area contributed by atoms with Crippen LogP contribution in [0.15, 0.2) is 5.38 Å². The average Bonchev–Trinajstić information content (AvgIpc) is 2.40. The Hall–Kier alpha value is -0.370. The van der Waals surface area contributed by atoms with E-state index in [1.54, 1.807) is 11.3 Å². The van der Waals surface area contributed by atoms with E-state index in [0.29, 0.717) is 0 Å². The minimum Gasteiger partial charge on any atom is -0.247 e. The van der Waals surface area contributed by atoms with Crippen molar-refractivity contribution >= 4 is 11.3 Å². The van der Waals surface area contributed by atoms with Crippen molar-refractivity contribution in [1.82, 2.24) is 4.98 Å². The summed E-state index contributed by atoms with van der Waals surface area (Å²) in [7, 11) is 0. The maximum Gasteiger partial charge on any atom is 0.0925 e. The Kier molecular flexibility index (Phi) is 5.22. The smallest absolute Gasteiger partial charge is 0.0925 e. The Labute approximate surface area is 67.1 Å². The summed E-state index contributed by atoms with van der Waals surface area (Å²) in [5, 5.41) is 3.32. The van der Waals surface area contributed by atoms with Gasteiger partial charge in [-0.1, -0.05) is 20.8 Å². The molecule has 0 radical (unpaired) electrons. The van der Waals surface area contributed by atoms with Crippen molar-refractivity contribution in [2.75, 3.05) is 0 Å². The maximum absolute atomic E-state index is 4.25. The molecule has 0 N–H and O–H groups in total. The Morgan fingerprint density at radius 2 is 2.10 bits per heavy atom. The zero-order chi connectivity index (χ0) is 7.98. The van der Waals surface area contributed by atoms with Gasteiger partial charge in [-0.2, -0.15) is 0 Å². The Morgan fingerprint density at radius 1 is 1.50 bits per heavy atom. The number of thiazole rings is 1. The second-order valence-electron chi connectivity index (χ2n) is 1.74. The van der Waals surface area contributed by atoms with Crippen molar-refractivity contribution in [2.24, 2.45) is 0 Å². The first-order valence-electron chi connectivity index (χ1n) is 3.74. The molecule has 0 bridgehead atoms. The van der Waals surface area contributed by atoms with Crippen molar-refractivity contribution in [3.63, 3.8) is 0 Å². The van der Waals surface area contributed by atoms with E-state index in [4.69, 9.17) is 0 Å². The van der Waals surface area contributed by atoms with Crippen LogP contribution in [0.1, 0.15) is 31.5 Å². The van der Waals surface area contributed by atoms with Crippen LogP contribution in [0, 0.1) is 6.92 Å². The normalized spacial score (nSPS) is 8.40. The van der Waals surface area contributed by atoms with E-state index in [-0.39, 0.29) is 0 Å². The van der Waals surface area contributed by atoms with Gasteiger partial charge in [0.05, 0.1) is 5.01 Å². The second-order valence-corrected chi connectivity index (χ2v) is 2.68. The fraction of sp³-hybridized carbons (Fsp3) is 0.625. The topological polar surface area (TPSA) is 12.9 Å². The van der Waals surface area contributed by atoms with Gasteiger partial charge in [0, 0.05) is 11.1 Å². The number of nitrogens with zero attached hydrogens (tertiary/aromatic N) is 1. The van der Waals surface area contributed by atoms with Gasteiger partial charge in [-0.05, 0) is 13.3 Å². The molecule has 0 saturated carbocycles. The molecule has 0 aliphatic carbocycles. The van der Waals surface area contributed by atoms with Crippen molar-refractivity contribution in [2.45, 2.75) is 34.1 Å². The molecule has 0 atom stereocenters. The highest BCUT2D eigenvalue weighted by atomic mass is 32.1. The van der Waals surface area contributed by atoms with Crippen LogP contribution >= 0.6 is 11.3 Å². The summed E-state index contributed by atoms with van der Waals surface area (Å²) in [6.07, 6.45) is 1.07. The van der Waals surface area contributed by atoms with Gasteiger partial charge in [0.1, 0.15) is 0 Å². The van der Waals surface area contributed by atoms with Gasteiger partial charge in [0.25, 0.3) is 0 Å². The van der Waals surface area contributed by atoms with Crippen LogP contribution in [0.5, 0.6) is 0 Å². The molecule has 58 valence electrons. The Morgan fingerprint density at radius 3 is 2.30 bits per heavy atom. The molecule has 1 heterocycles. The lowest BCUT2D eigenvalue weighted by molar-refractivity contribution is 1.07. The molecular formula is C8H15NS. The molecule has 0 amide bonds. The molecule has 0 aliphatic rings. The quantitative estimate of drug-likeness (QED) is 0.610. The fourth-order valence-corrected chi connectivity index (χ4v) is 1.29. The number of rotatable bonds is 1. The predicted octanol–water partition coefficient (Wildman–Crippen LogP) is 3.04. The van der Waals surface area contributed by atoms with Crippen LogP contribution in [0.25, 0.3) is 0 Å². The number of aromatic nitrogens is 1. The monoisotopic (exact) mass is 157 g/mol. The molecule has 1 rings (SSSR count). The van der Waals surface area contributed by atoms with E-state index in [9.17, 15) is 0 Å². The van der Waals surface area contributed by atoms with E-state index in [1.165, 1.54) is 5.01 Å². The first-order valence-corrected chi connectivity index (χ1v) is 4.62. The van der Waals surface area contributed by atoms with Crippen molar-refractivity contribution < 1.29 is 0 Å². The van der Waals surface area contributed by atoms with Gasteiger partial charge in [-0.3, -0.25) is 0 Å². The minimum absolute atomic E-state index is 1.07. The highest BCUT2D eigenvalue weighted by Gasteiger charge is 1.91. The first kappa shape index (κ1) is 9.63. The zero-order valence-corrected chi connectivity index (χ0v) is 7.96. The maximum atomic E-state index is 4.25. The van der Waals surface area contributed by atoms with Crippen LogP contribution < -0.4 is 0 Å². The molecule has 2 heteroatoms. The molecule has 0 unspecified atom stereocenters. The van der Waals surface area contributed by atoms with Crippen molar-refractivity contribution in [3.8, 4) is 0 Å². The van der Waals surface area contributed by atoms with Gasteiger partial charge in [-0.25, -0.2) is 4.98 Å². The largest absolute Gasteiger partial charge is 0.247 e. The molecule has 0 aliphatic heterocycles. The molecule has 0 spiro atoms. The third kappa shape index (κ3) is 2.97. The number of hydrogen-bond acceptors (Lipinski definition) is 2. The fourth-order valence-electron chi connectivity index (χ4n) is 0.565. The highest BCUT2D eigenvalue weighted by molar-refractivity contribution is 7.09. The first-order chi connectivity index (χ1) is 4.83. The lowest BCUT2D eigenvalue weighted by Crippen LogP contribution is -1.75. The van der Waals surface area contributed by atoms with Gasteiger partial charge in [-0.15, -0.1) is 11.3 Å². The van der Waals surface area contributed by atoms with E-state index >= 15 is 0 Å². The zero-order valence-electron chi connectivity index (χ0n) is 7.14. The minimum atomic E-state index is 1.07. The van der Waals surface area contributed by atoms with Crippen LogP contribution in [-0.4, -0.2) is 4.98 Å². The van der Waals surface area contributed by atoms with Gasteiger partial charge in [0.2, 0.25) is 0 Å². The molecule has 1 aromatic heterocycles. The predicted molar refractivity (Wildman–Crippen MR) is 47.6 cm³/mol. The Balaban J connectivity index is 0.000000371. The van der Waals surface area contributed by atoms with Gasteiger partial charge < -0.3 is 0 Å². The van der Waals surface area contributed by atoms with E-state index < -0.39 is 0 Å². The summed E-state index contributed by atoms with van der Waals surface area (Å²) < 4.78 is 0. The van der Waals surface area contributed by atoms with Crippen molar-refractivity contribution in [1.29, 1.82) is 0 Å². The molecule has 1 aromatic rings. The average molecular weight is 157 g/mol. The SMILES string of the molecule is CC.CCc1nc(C)cs1. The lowest BCUT2D eigenvalue weighted by atomic mass is 10.5. The highest BCUT2D eigenvalue weighted by Crippen LogP contribution is 2.07. The molecular weight excluding hydrogens is 142 g/mol. The second kappa shape index (κ2) is 5.42. The van der Waals surface area contributed by atoms with Crippen LogP contribution in [0.2, 0.25) is 0 Å². The van der Waals surface area contributed by atoms with Crippen LogP contribution in [0.4, 0.5) is 0 Å². The summed E-state index contributed by atoms with van der Waals surface area (Å²) in [6, 6.07) is 0. The summed E-state index contributed by atoms with van der Waals surface area (Å²) in [5.41, 5.74) is 1.15. The molecule has 1 nitrogen and oxygen atoms in total. The van der Waals surface area contributed by atoms with Gasteiger partial charge >= 0.3 is 0 Å². The van der Waals surface area contributed by atoms with E-state index in [2.05, 4.69) is 17.3 Å². The molecule has 0 aromatic carbocycles. The van der Waals surface area contributed by atoms with Crippen LogP contribution in [0.3, 0.4) is 0 Å². The van der Waals surface area contributed by atoms with E-state index in [1.807, 2.05) is 20.8 Å². The standard InChI is InChI=1S/C6H9NS.C2H6/c1-3-6-7-5(2)4-8-6;1-2/h4H,3H2,1-2H3;1-2H3. The third-order valence-corrected chi connectivity index (χ3v) is 2.08. The van der Waals surface area contributed by atoms with Crippen molar-refractivity contribution in [3.05, 3.63) is 16.1 Å².